The summed E-state index contributed by atoms with van der Waals surface area (Å²) >= 11 is 0. The molecule has 0 aromatic rings. The fraction of sp³-hybridized carbons (Fsp3) is 0.833. The van der Waals surface area contributed by atoms with E-state index in [9.17, 15) is 4.79 Å². The van der Waals surface area contributed by atoms with Crippen molar-refractivity contribution in [2.24, 2.45) is 5.92 Å². The standard InChI is InChI=1S/C6H12O.K.H/c1-5(2)4-6(3)7;;/h5H,4H2,1-3H3;;. The summed E-state index contributed by atoms with van der Waals surface area (Å²) in [5, 5.41) is 0. The topological polar surface area (TPSA) is 17.1 Å². The van der Waals surface area contributed by atoms with Crippen LogP contribution in [0.15, 0.2) is 0 Å². The first kappa shape index (κ1) is 12.0. The first-order valence-electron chi connectivity index (χ1n) is 2.62. The molecule has 1 nitrogen and oxygen atoms in total. The Morgan fingerprint density at radius 2 is 1.88 bits per heavy atom. The Labute approximate surface area is 93.6 Å². The van der Waals surface area contributed by atoms with E-state index >= 15 is 0 Å². The van der Waals surface area contributed by atoms with Crippen LogP contribution in [0.1, 0.15) is 27.2 Å². The van der Waals surface area contributed by atoms with Crippen molar-refractivity contribution in [3.05, 3.63) is 0 Å². The van der Waals surface area contributed by atoms with Gasteiger partial charge in [0.05, 0.1) is 0 Å². The summed E-state index contributed by atoms with van der Waals surface area (Å²) in [5.74, 6) is 0.813. The average Bonchev–Trinajstić information content (AvgIpc) is 1.27. The molecule has 0 saturated carbocycles. The third kappa shape index (κ3) is 10.3. The van der Waals surface area contributed by atoms with Crippen molar-refractivity contribution in [3.63, 3.8) is 0 Å². The molecule has 0 saturated heterocycles. The summed E-state index contributed by atoms with van der Waals surface area (Å²) in [7, 11) is 0. The van der Waals surface area contributed by atoms with E-state index < -0.39 is 0 Å². The average molecular weight is 140 g/mol. The molecule has 8 heavy (non-hydrogen) atoms. The monoisotopic (exact) mass is 140 g/mol. The molecule has 0 aromatic carbocycles. The van der Waals surface area contributed by atoms with Gasteiger partial charge in [-0.2, -0.15) is 0 Å². The number of carbonyl (C=O) groups excluding carboxylic acids is 1. The van der Waals surface area contributed by atoms with Gasteiger partial charge < -0.3 is 4.79 Å². The summed E-state index contributed by atoms with van der Waals surface area (Å²) in [4.78, 5) is 10.3. The molecule has 0 N–H and O–H groups in total. The summed E-state index contributed by atoms with van der Waals surface area (Å²) in [5.41, 5.74) is 0. The maximum absolute atomic E-state index is 10.3. The molecular formula is C6H13KO. The van der Waals surface area contributed by atoms with Crippen molar-refractivity contribution in [2.45, 2.75) is 27.2 Å². The molecule has 0 spiro atoms. The second-order valence-corrected chi connectivity index (χ2v) is 2.30. The molecule has 0 radical (unpaired) electrons. The fourth-order valence-corrected chi connectivity index (χ4v) is 0.575. The predicted molar refractivity (Wildman–Crippen MR) is 37.3 cm³/mol. The van der Waals surface area contributed by atoms with E-state index in [0.29, 0.717) is 5.92 Å². The summed E-state index contributed by atoms with van der Waals surface area (Å²) in [6.45, 7) is 5.71. The van der Waals surface area contributed by atoms with Crippen LogP contribution < -0.4 is 0 Å². The van der Waals surface area contributed by atoms with Crippen LogP contribution in [-0.4, -0.2) is 57.2 Å². The summed E-state index contributed by atoms with van der Waals surface area (Å²) in [6, 6.07) is 0. The van der Waals surface area contributed by atoms with Crippen molar-refractivity contribution in [1.82, 2.24) is 0 Å². The molecule has 0 aliphatic carbocycles. The van der Waals surface area contributed by atoms with Gasteiger partial charge in [-0.15, -0.1) is 0 Å². The molecule has 0 rings (SSSR count). The minimum absolute atomic E-state index is 0. The number of ketones is 1. The molecule has 2 heteroatoms. The second-order valence-electron chi connectivity index (χ2n) is 2.30. The van der Waals surface area contributed by atoms with Gasteiger partial charge in [0.2, 0.25) is 0 Å². The van der Waals surface area contributed by atoms with Crippen LogP contribution in [0, 0.1) is 5.92 Å². The Hall–Kier alpha value is 1.31. The van der Waals surface area contributed by atoms with Crippen LogP contribution >= 0.6 is 0 Å². The molecular weight excluding hydrogens is 127 g/mol. The Morgan fingerprint density at radius 1 is 1.50 bits per heavy atom. The Balaban J connectivity index is 0. The van der Waals surface area contributed by atoms with Gasteiger partial charge in [0.25, 0.3) is 0 Å². The van der Waals surface area contributed by atoms with E-state index in [1.54, 1.807) is 6.92 Å². The quantitative estimate of drug-likeness (QED) is 0.522. The second kappa shape index (κ2) is 6.43. The van der Waals surface area contributed by atoms with Crippen molar-refractivity contribution < 1.29 is 4.79 Å². The minimum atomic E-state index is 0. The third-order valence-corrected chi connectivity index (χ3v) is 0.696. The van der Waals surface area contributed by atoms with Gasteiger partial charge in [-0.25, -0.2) is 0 Å². The van der Waals surface area contributed by atoms with E-state index in [0.717, 1.165) is 6.42 Å². The van der Waals surface area contributed by atoms with Crippen LogP contribution in [0.25, 0.3) is 0 Å². The molecule has 0 unspecified atom stereocenters. The predicted octanol–water partition coefficient (Wildman–Crippen LogP) is 0.973. The molecule has 0 fully saturated rings. The van der Waals surface area contributed by atoms with Gasteiger partial charge in [0.15, 0.2) is 0 Å². The van der Waals surface area contributed by atoms with Crippen molar-refractivity contribution in [3.8, 4) is 0 Å². The molecule has 0 aliphatic heterocycles. The maximum atomic E-state index is 10.3. The van der Waals surface area contributed by atoms with Gasteiger partial charge in [-0.05, 0) is 12.8 Å². The third-order valence-electron chi connectivity index (χ3n) is 0.696. The van der Waals surface area contributed by atoms with Crippen molar-refractivity contribution in [2.75, 3.05) is 0 Å². The first-order valence-corrected chi connectivity index (χ1v) is 2.62. The Bertz CT molecular complexity index is 68.9. The summed E-state index contributed by atoms with van der Waals surface area (Å²) < 4.78 is 0. The van der Waals surface area contributed by atoms with Gasteiger partial charge >= 0.3 is 51.4 Å². The number of Topliss-reactive ketones (excluding diaryl/α,β-unsaturated/α-hetero) is 1. The number of carbonyl (C=O) groups is 1. The van der Waals surface area contributed by atoms with Gasteiger partial charge in [0, 0.05) is 6.42 Å². The Morgan fingerprint density at radius 3 is 1.88 bits per heavy atom. The van der Waals surface area contributed by atoms with Crippen LogP contribution in [0.5, 0.6) is 0 Å². The SMILES string of the molecule is CC(=O)CC(C)C.[KH]. The van der Waals surface area contributed by atoms with E-state index in [1.807, 2.05) is 13.8 Å². The van der Waals surface area contributed by atoms with Gasteiger partial charge in [0.1, 0.15) is 5.78 Å². The van der Waals surface area contributed by atoms with E-state index in [2.05, 4.69) is 0 Å². The number of rotatable bonds is 2. The fourth-order valence-electron chi connectivity index (χ4n) is 0.575. The molecule has 0 heterocycles. The number of hydrogen-bond acceptors (Lipinski definition) is 1. The number of hydrogen-bond donors (Lipinski definition) is 0. The molecule has 0 amide bonds. The summed E-state index contributed by atoms with van der Waals surface area (Å²) in [6.07, 6.45) is 0.722. The first-order chi connectivity index (χ1) is 3.13. The van der Waals surface area contributed by atoms with Crippen LogP contribution in [0.3, 0.4) is 0 Å². The molecule has 0 atom stereocenters. The van der Waals surface area contributed by atoms with Crippen molar-refractivity contribution >= 4 is 57.2 Å². The van der Waals surface area contributed by atoms with Crippen LogP contribution in [-0.2, 0) is 4.79 Å². The van der Waals surface area contributed by atoms with E-state index in [4.69, 9.17) is 0 Å². The normalized spacial score (nSPS) is 8.50. The zero-order valence-corrected chi connectivity index (χ0v) is 5.19. The van der Waals surface area contributed by atoms with E-state index in [-0.39, 0.29) is 57.2 Å². The van der Waals surface area contributed by atoms with Crippen LogP contribution in [0.2, 0.25) is 0 Å². The van der Waals surface area contributed by atoms with Gasteiger partial charge in [-0.1, -0.05) is 13.8 Å². The van der Waals surface area contributed by atoms with Gasteiger partial charge in [-0.3, -0.25) is 0 Å². The molecule has 0 aromatic heterocycles. The van der Waals surface area contributed by atoms with E-state index in [1.165, 1.54) is 0 Å². The van der Waals surface area contributed by atoms with Crippen LogP contribution in [0.4, 0.5) is 0 Å². The molecule has 0 bridgehead atoms. The Kier molecular flexibility index (Phi) is 9.66. The zero-order chi connectivity index (χ0) is 5.86. The zero-order valence-electron chi connectivity index (χ0n) is 5.19. The van der Waals surface area contributed by atoms with Crippen molar-refractivity contribution in [1.29, 1.82) is 0 Å². The molecule has 44 valence electrons. The molecule has 0 aliphatic rings.